The van der Waals surface area contributed by atoms with Crippen molar-refractivity contribution < 1.29 is 9.47 Å². The van der Waals surface area contributed by atoms with Crippen LogP contribution in [0, 0.1) is 0 Å². The number of ether oxygens (including phenoxy) is 2. The molecule has 0 aromatic rings. The molecule has 1 atom stereocenters. The molecule has 4 heteroatoms. The van der Waals surface area contributed by atoms with Gasteiger partial charge in [-0.25, -0.2) is 0 Å². The minimum atomic E-state index is 0.0447. The number of piperazine rings is 1. The van der Waals surface area contributed by atoms with Gasteiger partial charge in [0.2, 0.25) is 0 Å². The van der Waals surface area contributed by atoms with Crippen molar-refractivity contribution in [2.45, 2.75) is 39.0 Å². The molecule has 17 heavy (non-hydrogen) atoms. The van der Waals surface area contributed by atoms with Crippen LogP contribution in [-0.2, 0) is 9.47 Å². The molecule has 2 fully saturated rings. The van der Waals surface area contributed by atoms with E-state index >= 15 is 0 Å². The molecule has 0 aromatic heterocycles. The van der Waals surface area contributed by atoms with Gasteiger partial charge in [0.25, 0.3) is 0 Å². The second-order valence-electron chi connectivity index (χ2n) is 5.09. The van der Waals surface area contributed by atoms with Gasteiger partial charge in [-0.15, -0.1) is 0 Å². The quantitative estimate of drug-likeness (QED) is 0.739. The summed E-state index contributed by atoms with van der Waals surface area (Å²) in [5.74, 6) is 0. The van der Waals surface area contributed by atoms with Crippen molar-refractivity contribution in [2.24, 2.45) is 0 Å². The number of likely N-dealkylation sites (N-methyl/N-ethyl adjacent to an activating group) is 1. The Hall–Kier alpha value is -0.160. The largest absolute Gasteiger partial charge is 0.353 e. The SMILES string of the molecule is CCN1CCN(CCC2OCCCO2)CC1C. The third-order valence-electron chi connectivity index (χ3n) is 3.83. The molecule has 0 aliphatic carbocycles. The lowest BCUT2D eigenvalue weighted by molar-refractivity contribution is -0.183. The summed E-state index contributed by atoms with van der Waals surface area (Å²) in [7, 11) is 0. The van der Waals surface area contributed by atoms with E-state index in [1.54, 1.807) is 0 Å². The van der Waals surface area contributed by atoms with Crippen LogP contribution in [0.5, 0.6) is 0 Å². The lowest BCUT2D eigenvalue weighted by atomic mass is 10.2. The summed E-state index contributed by atoms with van der Waals surface area (Å²) in [5.41, 5.74) is 0. The van der Waals surface area contributed by atoms with E-state index in [0.29, 0.717) is 6.04 Å². The smallest absolute Gasteiger partial charge is 0.158 e. The molecule has 0 spiro atoms. The van der Waals surface area contributed by atoms with E-state index in [0.717, 1.165) is 32.6 Å². The molecule has 0 aromatic carbocycles. The number of nitrogens with zero attached hydrogens (tertiary/aromatic N) is 2. The molecule has 0 amide bonds. The van der Waals surface area contributed by atoms with Crippen molar-refractivity contribution in [1.82, 2.24) is 9.80 Å². The van der Waals surface area contributed by atoms with Gasteiger partial charge in [0.1, 0.15) is 0 Å². The Morgan fingerprint density at radius 3 is 2.59 bits per heavy atom. The molecule has 0 N–H and O–H groups in total. The van der Waals surface area contributed by atoms with E-state index in [4.69, 9.17) is 9.47 Å². The molecule has 0 radical (unpaired) electrons. The second-order valence-corrected chi connectivity index (χ2v) is 5.09. The standard InChI is InChI=1S/C13H26N2O2/c1-3-15-8-7-14(11-12(15)2)6-5-13-16-9-4-10-17-13/h12-13H,3-11H2,1-2H3. The van der Waals surface area contributed by atoms with Gasteiger partial charge in [-0.3, -0.25) is 4.90 Å². The summed E-state index contributed by atoms with van der Waals surface area (Å²) in [5, 5.41) is 0. The predicted octanol–water partition coefficient (Wildman–Crippen LogP) is 1.17. The van der Waals surface area contributed by atoms with E-state index in [1.165, 1.54) is 26.2 Å². The Kier molecular flexibility index (Phi) is 5.22. The molecule has 0 bridgehead atoms. The average Bonchev–Trinajstić information content (AvgIpc) is 2.38. The van der Waals surface area contributed by atoms with Gasteiger partial charge in [-0.2, -0.15) is 0 Å². The maximum Gasteiger partial charge on any atom is 0.158 e. The van der Waals surface area contributed by atoms with Crippen LogP contribution in [0.3, 0.4) is 0 Å². The van der Waals surface area contributed by atoms with Gasteiger partial charge in [0.05, 0.1) is 13.2 Å². The van der Waals surface area contributed by atoms with Gasteiger partial charge in [-0.1, -0.05) is 6.92 Å². The van der Waals surface area contributed by atoms with Crippen molar-refractivity contribution in [1.29, 1.82) is 0 Å². The summed E-state index contributed by atoms with van der Waals surface area (Å²) >= 11 is 0. The summed E-state index contributed by atoms with van der Waals surface area (Å²) < 4.78 is 11.2. The van der Waals surface area contributed by atoms with E-state index < -0.39 is 0 Å². The van der Waals surface area contributed by atoms with Crippen molar-refractivity contribution in [3.05, 3.63) is 0 Å². The zero-order valence-corrected chi connectivity index (χ0v) is 11.2. The molecule has 4 nitrogen and oxygen atoms in total. The van der Waals surface area contributed by atoms with E-state index in [2.05, 4.69) is 23.6 Å². The highest BCUT2D eigenvalue weighted by Crippen LogP contribution is 2.13. The second kappa shape index (κ2) is 6.69. The van der Waals surface area contributed by atoms with Gasteiger partial charge >= 0.3 is 0 Å². The van der Waals surface area contributed by atoms with Crippen LogP contribution < -0.4 is 0 Å². The first-order valence-electron chi connectivity index (χ1n) is 6.99. The van der Waals surface area contributed by atoms with Gasteiger partial charge in [0.15, 0.2) is 6.29 Å². The zero-order chi connectivity index (χ0) is 12.1. The number of hydrogen-bond donors (Lipinski definition) is 0. The maximum absolute atomic E-state index is 5.58. The highest BCUT2D eigenvalue weighted by atomic mass is 16.7. The van der Waals surface area contributed by atoms with Crippen LogP contribution in [0.2, 0.25) is 0 Å². The van der Waals surface area contributed by atoms with E-state index in [-0.39, 0.29) is 6.29 Å². The third kappa shape index (κ3) is 3.91. The Balaban J connectivity index is 1.66. The fourth-order valence-corrected chi connectivity index (χ4v) is 2.73. The Bertz CT molecular complexity index is 219. The zero-order valence-electron chi connectivity index (χ0n) is 11.2. The van der Waals surface area contributed by atoms with E-state index in [1.807, 2.05) is 0 Å². The van der Waals surface area contributed by atoms with Crippen LogP contribution in [0.15, 0.2) is 0 Å². The molecule has 0 saturated carbocycles. The van der Waals surface area contributed by atoms with Crippen molar-refractivity contribution in [3.63, 3.8) is 0 Å². The molecule has 2 heterocycles. The van der Waals surface area contributed by atoms with Crippen LogP contribution >= 0.6 is 0 Å². The fraction of sp³-hybridized carbons (Fsp3) is 1.00. The van der Waals surface area contributed by atoms with Crippen LogP contribution in [0.1, 0.15) is 26.7 Å². The van der Waals surface area contributed by atoms with Gasteiger partial charge in [0, 0.05) is 38.6 Å². The highest BCUT2D eigenvalue weighted by molar-refractivity contribution is 4.78. The van der Waals surface area contributed by atoms with E-state index in [9.17, 15) is 0 Å². The van der Waals surface area contributed by atoms with Crippen molar-refractivity contribution >= 4 is 0 Å². The topological polar surface area (TPSA) is 24.9 Å². The molecule has 2 aliphatic rings. The lowest BCUT2D eigenvalue weighted by Gasteiger charge is -2.39. The maximum atomic E-state index is 5.58. The Morgan fingerprint density at radius 1 is 1.18 bits per heavy atom. The Labute approximate surface area is 105 Å². The minimum absolute atomic E-state index is 0.0447. The predicted molar refractivity (Wildman–Crippen MR) is 68.1 cm³/mol. The summed E-state index contributed by atoms with van der Waals surface area (Å²) in [6.45, 7) is 12.1. The first-order valence-corrected chi connectivity index (χ1v) is 6.99. The molecule has 100 valence electrons. The number of hydrogen-bond acceptors (Lipinski definition) is 4. The van der Waals surface area contributed by atoms with Crippen LogP contribution in [0.4, 0.5) is 0 Å². The fourth-order valence-electron chi connectivity index (χ4n) is 2.73. The summed E-state index contributed by atoms with van der Waals surface area (Å²) in [4.78, 5) is 5.09. The summed E-state index contributed by atoms with van der Waals surface area (Å²) in [6, 6.07) is 0.682. The molecule has 2 aliphatic heterocycles. The van der Waals surface area contributed by atoms with Gasteiger partial charge < -0.3 is 14.4 Å². The monoisotopic (exact) mass is 242 g/mol. The van der Waals surface area contributed by atoms with Crippen LogP contribution in [0.25, 0.3) is 0 Å². The molecule has 1 unspecified atom stereocenters. The average molecular weight is 242 g/mol. The highest BCUT2D eigenvalue weighted by Gasteiger charge is 2.23. The Morgan fingerprint density at radius 2 is 1.94 bits per heavy atom. The van der Waals surface area contributed by atoms with Crippen LogP contribution in [-0.4, -0.2) is 68.1 Å². The summed E-state index contributed by atoms with van der Waals surface area (Å²) in [6.07, 6.45) is 2.10. The first kappa shape index (κ1) is 13.3. The number of rotatable bonds is 4. The van der Waals surface area contributed by atoms with Crippen molar-refractivity contribution in [2.75, 3.05) is 45.9 Å². The molecular weight excluding hydrogens is 216 g/mol. The third-order valence-corrected chi connectivity index (χ3v) is 3.83. The molecular formula is C13H26N2O2. The minimum Gasteiger partial charge on any atom is -0.353 e. The molecule has 2 saturated heterocycles. The lowest BCUT2D eigenvalue weighted by Crippen LogP contribution is -2.52. The first-order chi connectivity index (χ1) is 8.29. The molecule has 2 rings (SSSR count). The normalized spacial score (nSPS) is 29.6. The van der Waals surface area contributed by atoms with Crippen molar-refractivity contribution in [3.8, 4) is 0 Å². The van der Waals surface area contributed by atoms with Gasteiger partial charge in [-0.05, 0) is 19.9 Å².